The van der Waals surface area contributed by atoms with Crippen LogP contribution in [-0.2, 0) is 11.4 Å². The largest absolute Gasteiger partial charge is 0.489 e. The Hall–Kier alpha value is -3.78. The molecule has 0 bridgehead atoms. The lowest BCUT2D eigenvalue weighted by Gasteiger charge is -2.15. The van der Waals surface area contributed by atoms with E-state index >= 15 is 0 Å². The Morgan fingerprint density at radius 1 is 1.00 bits per heavy atom. The minimum absolute atomic E-state index is 0.300. The molecule has 3 aromatic carbocycles. The summed E-state index contributed by atoms with van der Waals surface area (Å²) < 4.78 is 11.4. The number of para-hydroxylation sites is 1. The average Bonchev–Trinajstić information content (AvgIpc) is 2.74. The van der Waals surface area contributed by atoms with Gasteiger partial charge in [0.05, 0.1) is 5.56 Å². The molecule has 0 heterocycles. The van der Waals surface area contributed by atoms with Crippen molar-refractivity contribution in [2.24, 2.45) is 0 Å². The number of carbonyl (C=O) groups excluding carboxylic acids is 1. The van der Waals surface area contributed by atoms with Crippen molar-refractivity contribution in [2.45, 2.75) is 19.6 Å². The molecular weight excluding hydrogens is 352 g/mol. The standard InChI is InChI=1S/C23H20N2O3/c1-17(28-22-10-6-5-9-19(22)15-24)23(26)25-20-11-13-21(14-12-20)27-16-18-7-3-2-4-8-18/h2-14,17H,16H2,1H3,(H,25,26). The van der Waals surface area contributed by atoms with E-state index in [-0.39, 0.29) is 5.91 Å². The number of anilines is 1. The molecule has 5 heteroatoms. The molecule has 0 fully saturated rings. The molecule has 0 aliphatic rings. The Morgan fingerprint density at radius 3 is 2.39 bits per heavy atom. The van der Waals surface area contributed by atoms with Gasteiger partial charge in [0.2, 0.25) is 0 Å². The number of carbonyl (C=O) groups is 1. The van der Waals surface area contributed by atoms with Crippen molar-refractivity contribution in [1.29, 1.82) is 5.26 Å². The van der Waals surface area contributed by atoms with E-state index in [2.05, 4.69) is 5.32 Å². The first kappa shape index (κ1) is 19.0. The molecular formula is C23H20N2O3. The molecule has 1 N–H and O–H groups in total. The molecule has 1 amide bonds. The first-order chi connectivity index (χ1) is 13.7. The van der Waals surface area contributed by atoms with Gasteiger partial charge in [0, 0.05) is 5.69 Å². The third-order valence-electron chi connectivity index (χ3n) is 4.05. The van der Waals surface area contributed by atoms with Gasteiger partial charge in [0.15, 0.2) is 6.10 Å². The molecule has 140 valence electrons. The van der Waals surface area contributed by atoms with Crippen LogP contribution in [0.3, 0.4) is 0 Å². The van der Waals surface area contributed by atoms with Gasteiger partial charge in [-0.2, -0.15) is 5.26 Å². The van der Waals surface area contributed by atoms with Gasteiger partial charge in [-0.05, 0) is 48.9 Å². The summed E-state index contributed by atoms with van der Waals surface area (Å²) in [5.74, 6) is 0.803. The van der Waals surface area contributed by atoms with Crippen molar-refractivity contribution < 1.29 is 14.3 Å². The first-order valence-electron chi connectivity index (χ1n) is 8.89. The zero-order chi connectivity index (χ0) is 19.8. The number of hydrogen-bond acceptors (Lipinski definition) is 4. The van der Waals surface area contributed by atoms with Crippen molar-refractivity contribution in [3.63, 3.8) is 0 Å². The molecule has 3 rings (SSSR count). The molecule has 0 aliphatic heterocycles. The predicted molar refractivity (Wildman–Crippen MR) is 107 cm³/mol. The second kappa shape index (κ2) is 9.24. The quantitative estimate of drug-likeness (QED) is 0.661. The smallest absolute Gasteiger partial charge is 0.265 e. The molecule has 1 unspecified atom stereocenters. The van der Waals surface area contributed by atoms with E-state index in [1.807, 2.05) is 36.4 Å². The second-order valence-electron chi connectivity index (χ2n) is 6.16. The van der Waals surface area contributed by atoms with Crippen molar-refractivity contribution in [3.8, 4) is 17.6 Å². The van der Waals surface area contributed by atoms with Crippen molar-refractivity contribution in [1.82, 2.24) is 0 Å². The molecule has 0 aliphatic carbocycles. The van der Waals surface area contributed by atoms with Gasteiger partial charge < -0.3 is 14.8 Å². The molecule has 3 aromatic rings. The van der Waals surface area contributed by atoms with Crippen molar-refractivity contribution >= 4 is 11.6 Å². The fourth-order valence-electron chi connectivity index (χ4n) is 2.53. The van der Waals surface area contributed by atoms with Gasteiger partial charge in [-0.3, -0.25) is 4.79 Å². The van der Waals surface area contributed by atoms with Crippen LogP contribution in [0.4, 0.5) is 5.69 Å². The molecule has 0 radical (unpaired) electrons. The lowest BCUT2D eigenvalue weighted by molar-refractivity contribution is -0.122. The fraction of sp³-hybridized carbons (Fsp3) is 0.130. The lowest BCUT2D eigenvalue weighted by Crippen LogP contribution is -2.30. The third-order valence-corrected chi connectivity index (χ3v) is 4.05. The number of nitrogens with one attached hydrogen (secondary N) is 1. The summed E-state index contributed by atoms with van der Waals surface area (Å²) in [7, 11) is 0. The highest BCUT2D eigenvalue weighted by molar-refractivity contribution is 5.94. The number of nitriles is 1. The zero-order valence-corrected chi connectivity index (χ0v) is 15.5. The van der Waals surface area contributed by atoms with Gasteiger partial charge in [0.25, 0.3) is 5.91 Å². The van der Waals surface area contributed by atoms with Gasteiger partial charge in [0.1, 0.15) is 24.2 Å². The first-order valence-corrected chi connectivity index (χ1v) is 8.89. The highest BCUT2D eigenvalue weighted by atomic mass is 16.5. The minimum Gasteiger partial charge on any atom is -0.489 e. The van der Waals surface area contributed by atoms with E-state index in [1.54, 1.807) is 55.5 Å². The predicted octanol–water partition coefficient (Wildman–Crippen LogP) is 4.54. The second-order valence-corrected chi connectivity index (χ2v) is 6.16. The number of amides is 1. The summed E-state index contributed by atoms with van der Waals surface area (Å²) in [6.45, 7) is 2.12. The average molecular weight is 372 g/mol. The monoisotopic (exact) mass is 372 g/mol. The van der Waals surface area contributed by atoms with E-state index in [1.165, 1.54) is 0 Å². The Labute approximate surface area is 164 Å². The summed E-state index contributed by atoms with van der Waals surface area (Å²) in [5.41, 5.74) is 2.12. The van der Waals surface area contributed by atoms with Crippen LogP contribution in [0.1, 0.15) is 18.1 Å². The van der Waals surface area contributed by atoms with Crippen LogP contribution in [0.2, 0.25) is 0 Å². The van der Waals surface area contributed by atoms with Crippen LogP contribution in [-0.4, -0.2) is 12.0 Å². The third kappa shape index (κ3) is 5.12. The van der Waals surface area contributed by atoms with E-state index in [0.717, 1.165) is 5.56 Å². The lowest BCUT2D eigenvalue weighted by atomic mass is 10.2. The maximum Gasteiger partial charge on any atom is 0.265 e. The molecule has 0 saturated heterocycles. The Bertz CT molecular complexity index is 963. The Balaban J connectivity index is 1.54. The van der Waals surface area contributed by atoms with Gasteiger partial charge in [-0.15, -0.1) is 0 Å². The van der Waals surface area contributed by atoms with Crippen LogP contribution in [0.25, 0.3) is 0 Å². The van der Waals surface area contributed by atoms with Crippen molar-refractivity contribution in [3.05, 3.63) is 90.0 Å². The highest BCUT2D eigenvalue weighted by Gasteiger charge is 2.16. The molecule has 1 atom stereocenters. The Morgan fingerprint density at radius 2 is 1.68 bits per heavy atom. The van der Waals surface area contributed by atoms with Gasteiger partial charge in [-0.25, -0.2) is 0 Å². The normalized spacial score (nSPS) is 11.1. The summed E-state index contributed by atoms with van der Waals surface area (Å²) in [5, 5.41) is 11.9. The van der Waals surface area contributed by atoms with Crippen LogP contribution in [0.15, 0.2) is 78.9 Å². The number of ether oxygens (including phenoxy) is 2. The highest BCUT2D eigenvalue weighted by Crippen LogP contribution is 2.20. The molecule has 0 saturated carbocycles. The van der Waals surface area contributed by atoms with Crippen LogP contribution >= 0.6 is 0 Å². The molecule has 0 spiro atoms. The fourth-order valence-corrected chi connectivity index (χ4v) is 2.53. The van der Waals surface area contributed by atoms with E-state index in [9.17, 15) is 4.79 Å². The summed E-state index contributed by atoms with van der Waals surface area (Å²) >= 11 is 0. The maximum atomic E-state index is 12.4. The SMILES string of the molecule is CC(Oc1ccccc1C#N)C(=O)Nc1ccc(OCc2ccccc2)cc1. The molecule has 5 nitrogen and oxygen atoms in total. The van der Waals surface area contributed by atoms with E-state index < -0.39 is 6.10 Å². The topological polar surface area (TPSA) is 71.3 Å². The summed E-state index contributed by atoms with van der Waals surface area (Å²) in [6.07, 6.45) is -0.747. The number of nitrogens with zero attached hydrogens (tertiary/aromatic N) is 1. The van der Waals surface area contributed by atoms with Crippen LogP contribution < -0.4 is 14.8 Å². The van der Waals surface area contributed by atoms with E-state index in [4.69, 9.17) is 14.7 Å². The number of benzene rings is 3. The van der Waals surface area contributed by atoms with Gasteiger partial charge in [-0.1, -0.05) is 42.5 Å². The van der Waals surface area contributed by atoms with Crippen LogP contribution in [0, 0.1) is 11.3 Å². The maximum absolute atomic E-state index is 12.4. The molecule has 0 aromatic heterocycles. The zero-order valence-electron chi connectivity index (χ0n) is 15.5. The van der Waals surface area contributed by atoms with E-state index in [0.29, 0.717) is 29.4 Å². The van der Waals surface area contributed by atoms with Gasteiger partial charge >= 0.3 is 0 Å². The molecule has 28 heavy (non-hydrogen) atoms. The number of rotatable bonds is 7. The minimum atomic E-state index is -0.747. The number of hydrogen-bond donors (Lipinski definition) is 1. The van der Waals surface area contributed by atoms with Crippen LogP contribution in [0.5, 0.6) is 11.5 Å². The summed E-state index contributed by atoms with van der Waals surface area (Å²) in [6, 6.07) is 25.9. The Kier molecular flexibility index (Phi) is 6.27. The van der Waals surface area contributed by atoms with Crippen molar-refractivity contribution in [2.75, 3.05) is 5.32 Å². The summed E-state index contributed by atoms with van der Waals surface area (Å²) in [4.78, 5) is 12.4.